The highest BCUT2D eigenvalue weighted by atomic mass is 32.2. The highest BCUT2D eigenvalue weighted by Gasteiger charge is 2.13. The quantitative estimate of drug-likeness (QED) is 0.820. The van der Waals surface area contributed by atoms with Crippen molar-refractivity contribution < 1.29 is 8.42 Å². The molecule has 0 saturated heterocycles. The largest absolute Gasteiger partial charge is 0.272 e. The van der Waals surface area contributed by atoms with E-state index in [0.717, 1.165) is 5.69 Å². The van der Waals surface area contributed by atoms with Gasteiger partial charge in [-0.2, -0.15) is 5.10 Å². The van der Waals surface area contributed by atoms with E-state index < -0.39 is 10.0 Å². The van der Waals surface area contributed by atoms with E-state index in [9.17, 15) is 8.42 Å². The Morgan fingerprint density at radius 1 is 1.44 bits per heavy atom. The number of aromatic nitrogens is 2. The topological polar surface area (TPSA) is 64.0 Å². The van der Waals surface area contributed by atoms with Crippen molar-refractivity contribution in [2.45, 2.75) is 24.1 Å². The van der Waals surface area contributed by atoms with E-state index in [-0.39, 0.29) is 0 Å². The summed E-state index contributed by atoms with van der Waals surface area (Å²) >= 11 is 1.22. The summed E-state index contributed by atoms with van der Waals surface area (Å²) in [6, 6.07) is 5.26. The maximum absolute atomic E-state index is 11.8. The summed E-state index contributed by atoms with van der Waals surface area (Å²) in [6.07, 6.45) is 2.61. The van der Waals surface area contributed by atoms with Gasteiger partial charge < -0.3 is 0 Å². The van der Waals surface area contributed by atoms with Crippen molar-refractivity contribution in [2.75, 3.05) is 6.54 Å². The van der Waals surface area contributed by atoms with E-state index in [1.54, 1.807) is 17.5 Å². The molecule has 0 radical (unpaired) electrons. The second-order valence-electron chi connectivity index (χ2n) is 3.90. The van der Waals surface area contributed by atoms with Gasteiger partial charge in [-0.15, -0.1) is 11.3 Å². The highest BCUT2D eigenvalue weighted by molar-refractivity contribution is 7.91. The molecule has 18 heavy (non-hydrogen) atoms. The second-order valence-corrected chi connectivity index (χ2v) is 6.85. The van der Waals surface area contributed by atoms with Crippen LogP contribution < -0.4 is 4.72 Å². The van der Waals surface area contributed by atoms with Crippen molar-refractivity contribution in [3.8, 4) is 0 Å². The summed E-state index contributed by atoms with van der Waals surface area (Å²) in [7, 11) is -3.33. The minimum absolute atomic E-state index is 0.359. The molecule has 0 fully saturated rings. The Kier molecular flexibility index (Phi) is 4.15. The van der Waals surface area contributed by atoms with Gasteiger partial charge in [0.2, 0.25) is 10.0 Å². The number of nitrogens with one attached hydrogen (secondary N) is 1. The molecule has 5 nitrogen and oxygen atoms in total. The first kappa shape index (κ1) is 13.3. The molecule has 0 saturated carbocycles. The normalized spacial score (nSPS) is 11.8. The lowest BCUT2D eigenvalue weighted by Crippen LogP contribution is -2.24. The van der Waals surface area contributed by atoms with Crippen LogP contribution in [0.1, 0.15) is 12.1 Å². The van der Waals surface area contributed by atoms with E-state index in [2.05, 4.69) is 9.82 Å². The van der Waals surface area contributed by atoms with Crippen molar-refractivity contribution >= 4 is 21.4 Å². The molecule has 0 aliphatic rings. The van der Waals surface area contributed by atoms with Crippen LogP contribution in [0.2, 0.25) is 0 Å². The fraction of sp³-hybridized carbons (Fsp3) is 0.364. The van der Waals surface area contributed by atoms with E-state index in [4.69, 9.17) is 0 Å². The molecule has 0 atom stereocenters. The van der Waals surface area contributed by atoms with Gasteiger partial charge in [0.15, 0.2) is 0 Å². The van der Waals surface area contributed by atoms with Gasteiger partial charge in [0.25, 0.3) is 0 Å². The maximum Gasteiger partial charge on any atom is 0.250 e. The lowest BCUT2D eigenvalue weighted by atomic mass is 10.4. The predicted molar refractivity (Wildman–Crippen MR) is 71.1 cm³/mol. The third-order valence-corrected chi connectivity index (χ3v) is 5.25. The minimum Gasteiger partial charge on any atom is -0.272 e. The Morgan fingerprint density at radius 3 is 2.89 bits per heavy atom. The SMILES string of the molecule is Cc1ccn(CCCNS(=O)(=O)c2cccs2)n1. The van der Waals surface area contributed by atoms with E-state index in [1.165, 1.54) is 11.3 Å². The van der Waals surface area contributed by atoms with Crippen molar-refractivity contribution in [3.05, 3.63) is 35.5 Å². The molecule has 0 bridgehead atoms. The average Bonchev–Trinajstić information content (AvgIpc) is 2.95. The first-order valence-corrected chi connectivity index (χ1v) is 7.97. The van der Waals surface area contributed by atoms with E-state index in [1.807, 2.05) is 23.9 Å². The molecule has 0 aliphatic heterocycles. The first-order chi connectivity index (χ1) is 8.58. The molecule has 2 aromatic heterocycles. The molecule has 0 aliphatic carbocycles. The number of hydrogen-bond donors (Lipinski definition) is 1. The molecule has 7 heteroatoms. The fourth-order valence-corrected chi connectivity index (χ4v) is 3.63. The van der Waals surface area contributed by atoms with Crippen molar-refractivity contribution in [1.82, 2.24) is 14.5 Å². The van der Waals surface area contributed by atoms with Crippen molar-refractivity contribution in [3.63, 3.8) is 0 Å². The number of sulfonamides is 1. The maximum atomic E-state index is 11.8. The van der Waals surface area contributed by atoms with Gasteiger partial charge in [-0.25, -0.2) is 13.1 Å². The Morgan fingerprint density at radius 2 is 2.28 bits per heavy atom. The van der Waals surface area contributed by atoms with Gasteiger partial charge >= 0.3 is 0 Å². The van der Waals surface area contributed by atoms with Crippen LogP contribution in [-0.2, 0) is 16.6 Å². The average molecular weight is 285 g/mol. The summed E-state index contributed by atoms with van der Waals surface area (Å²) in [5, 5.41) is 5.99. The number of thiophene rings is 1. The molecule has 98 valence electrons. The zero-order valence-electron chi connectivity index (χ0n) is 10.0. The van der Waals surface area contributed by atoms with Crippen molar-refractivity contribution in [1.29, 1.82) is 0 Å². The van der Waals surface area contributed by atoms with Crippen molar-refractivity contribution in [2.24, 2.45) is 0 Å². The lowest BCUT2D eigenvalue weighted by molar-refractivity contribution is 0.552. The predicted octanol–water partition coefficient (Wildman–Crippen LogP) is 1.62. The molecular weight excluding hydrogens is 270 g/mol. The molecule has 0 aromatic carbocycles. The molecule has 2 heterocycles. The smallest absolute Gasteiger partial charge is 0.250 e. The molecule has 0 unspecified atom stereocenters. The van der Waals surface area contributed by atoms with Gasteiger partial charge in [-0.05, 0) is 30.9 Å². The van der Waals surface area contributed by atoms with E-state index >= 15 is 0 Å². The second kappa shape index (κ2) is 5.64. The molecule has 2 rings (SSSR count). The summed E-state index contributed by atoms with van der Waals surface area (Å²) < 4.78 is 28.3. The Balaban J connectivity index is 1.79. The van der Waals surface area contributed by atoms with Gasteiger partial charge in [-0.3, -0.25) is 4.68 Å². The van der Waals surface area contributed by atoms with Crippen LogP contribution in [0.5, 0.6) is 0 Å². The number of hydrogen-bond acceptors (Lipinski definition) is 4. The van der Waals surface area contributed by atoms with Gasteiger partial charge in [0.1, 0.15) is 4.21 Å². The monoisotopic (exact) mass is 285 g/mol. The number of nitrogens with zero attached hydrogens (tertiary/aromatic N) is 2. The van der Waals surface area contributed by atoms with Crippen LogP contribution >= 0.6 is 11.3 Å². The third kappa shape index (κ3) is 3.41. The van der Waals surface area contributed by atoms with Gasteiger partial charge in [0, 0.05) is 19.3 Å². The zero-order chi connectivity index (χ0) is 13.0. The molecule has 0 spiro atoms. The van der Waals surface area contributed by atoms with Crippen LogP contribution in [0.4, 0.5) is 0 Å². The molecule has 0 amide bonds. The minimum atomic E-state index is -3.33. The molecule has 1 N–H and O–H groups in total. The van der Waals surface area contributed by atoms with Gasteiger partial charge in [-0.1, -0.05) is 6.07 Å². The fourth-order valence-electron chi connectivity index (χ4n) is 1.52. The van der Waals surface area contributed by atoms with Crippen LogP contribution in [0.3, 0.4) is 0 Å². The Bertz CT molecular complexity index is 588. The number of rotatable bonds is 6. The summed E-state index contributed by atoms with van der Waals surface area (Å²) in [6.45, 7) is 3.05. The zero-order valence-corrected chi connectivity index (χ0v) is 11.7. The number of aryl methyl sites for hydroxylation is 2. The Hall–Kier alpha value is -1.18. The van der Waals surface area contributed by atoms with Crippen LogP contribution in [0.25, 0.3) is 0 Å². The van der Waals surface area contributed by atoms with Gasteiger partial charge in [0.05, 0.1) is 5.69 Å². The first-order valence-electron chi connectivity index (χ1n) is 5.61. The lowest BCUT2D eigenvalue weighted by Gasteiger charge is -2.04. The summed E-state index contributed by atoms with van der Waals surface area (Å²) in [5.41, 5.74) is 0.967. The van der Waals surface area contributed by atoms with Crippen LogP contribution in [-0.4, -0.2) is 24.7 Å². The molecule has 2 aromatic rings. The summed E-state index contributed by atoms with van der Waals surface area (Å²) in [5.74, 6) is 0. The Labute approximate surface area is 111 Å². The molecular formula is C11H15N3O2S2. The van der Waals surface area contributed by atoms with E-state index in [0.29, 0.717) is 23.7 Å². The summed E-state index contributed by atoms with van der Waals surface area (Å²) in [4.78, 5) is 0. The van der Waals surface area contributed by atoms with Crippen LogP contribution in [0, 0.1) is 6.92 Å². The third-order valence-electron chi connectivity index (χ3n) is 2.39. The standard InChI is InChI=1S/C11H15N3O2S2/c1-10-5-8-14(13-10)7-3-6-12-18(15,16)11-4-2-9-17-11/h2,4-5,8-9,12H,3,6-7H2,1H3. The highest BCUT2D eigenvalue weighted by Crippen LogP contribution is 2.14. The van der Waals surface area contributed by atoms with Crippen LogP contribution in [0.15, 0.2) is 34.0 Å².